The fraction of sp³-hybridized carbons (Fsp3) is 0.500. The molecule has 0 aliphatic rings. The van der Waals surface area contributed by atoms with Crippen LogP contribution in [-0.4, -0.2) is 11.9 Å². The van der Waals surface area contributed by atoms with Crippen molar-refractivity contribution in [2.75, 3.05) is 5.73 Å². The summed E-state index contributed by atoms with van der Waals surface area (Å²) >= 11 is 0. The van der Waals surface area contributed by atoms with Crippen molar-refractivity contribution >= 4 is 11.6 Å². The minimum Gasteiger partial charge on any atom is -0.398 e. The van der Waals surface area contributed by atoms with Crippen LogP contribution >= 0.6 is 0 Å². The number of nitrogens with two attached hydrogens (primary N) is 1. The van der Waals surface area contributed by atoms with Crippen molar-refractivity contribution in [2.45, 2.75) is 39.7 Å². The summed E-state index contributed by atoms with van der Waals surface area (Å²) in [6.07, 6.45) is 2.11. The van der Waals surface area contributed by atoms with E-state index in [4.69, 9.17) is 5.73 Å². The molecular weight excluding hydrogens is 212 g/mol. The molecule has 3 nitrogen and oxygen atoms in total. The van der Waals surface area contributed by atoms with E-state index in [-0.39, 0.29) is 11.9 Å². The molecule has 1 aromatic carbocycles. The van der Waals surface area contributed by atoms with Crippen LogP contribution in [0.15, 0.2) is 24.3 Å². The quantitative estimate of drug-likeness (QED) is 0.770. The Labute approximate surface area is 103 Å². The zero-order valence-electron chi connectivity index (χ0n) is 10.9. The van der Waals surface area contributed by atoms with Gasteiger partial charge in [0, 0.05) is 11.7 Å². The highest BCUT2D eigenvalue weighted by atomic mass is 16.1. The second kappa shape index (κ2) is 6.28. The lowest BCUT2D eigenvalue weighted by atomic mass is 10.0. The van der Waals surface area contributed by atoms with Gasteiger partial charge >= 0.3 is 0 Å². The molecule has 1 aromatic rings. The van der Waals surface area contributed by atoms with Gasteiger partial charge in [-0.25, -0.2) is 0 Å². The molecule has 1 unspecified atom stereocenters. The van der Waals surface area contributed by atoms with Crippen LogP contribution < -0.4 is 11.1 Å². The maximum Gasteiger partial charge on any atom is 0.253 e. The van der Waals surface area contributed by atoms with E-state index in [1.54, 1.807) is 12.1 Å². The van der Waals surface area contributed by atoms with Crippen molar-refractivity contribution in [3.05, 3.63) is 29.8 Å². The smallest absolute Gasteiger partial charge is 0.253 e. The summed E-state index contributed by atoms with van der Waals surface area (Å²) in [5.41, 5.74) is 6.85. The standard InChI is InChI=1S/C14H22N2O/c1-10(2)8-9-11(3)16-14(17)12-6-4-5-7-13(12)15/h4-7,10-11H,8-9,15H2,1-3H3,(H,16,17). The Morgan fingerprint density at radius 3 is 2.47 bits per heavy atom. The minimum atomic E-state index is -0.0839. The minimum absolute atomic E-state index is 0.0839. The third-order valence-electron chi connectivity index (χ3n) is 2.76. The van der Waals surface area contributed by atoms with Crippen molar-refractivity contribution in [1.82, 2.24) is 5.32 Å². The lowest BCUT2D eigenvalue weighted by Gasteiger charge is -2.15. The zero-order valence-corrected chi connectivity index (χ0v) is 10.9. The second-order valence-corrected chi connectivity index (χ2v) is 4.93. The number of carbonyl (C=O) groups excluding carboxylic acids is 1. The third kappa shape index (κ3) is 4.47. The van der Waals surface area contributed by atoms with E-state index < -0.39 is 0 Å². The molecule has 0 aliphatic heterocycles. The highest BCUT2D eigenvalue weighted by Crippen LogP contribution is 2.11. The molecule has 1 amide bonds. The summed E-state index contributed by atoms with van der Waals surface area (Å²) in [7, 11) is 0. The van der Waals surface area contributed by atoms with E-state index in [0.717, 1.165) is 12.8 Å². The molecule has 0 heterocycles. The maximum atomic E-state index is 11.9. The number of hydrogen-bond donors (Lipinski definition) is 2. The van der Waals surface area contributed by atoms with Gasteiger partial charge < -0.3 is 11.1 Å². The molecule has 3 N–H and O–H groups in total. The van der Waals surface area contributed by atoms with Crippen LogP contribution in [0.2, 0.25) is 0 Å². The molecule has 94 valence electrons. The number of carbonyl (C=O) groups is 1. The van der Waals surface area contributed by atoms with E-state index in [1.165, 1.54) is 0 Å². The number of para-hydroxylation sites is 1. The van der Waals surface area contributed by atoms with Crippen LogP contribution in [0, 0.1) is 5.92 Å². The molecule has 0 aromatic heterocycles. The van der Waals surface area contributed by atoms with Crippen molar-refractivity contribution < 1.29 is 4.79 Å². The predicted octanol–water partition coefficient (Wildman–Crippen LogP) is 2.82. The highest BCUT2D eigenvalue weighted by molar-refractivity contribution is 5.99. The average Bonchev–Trinajstić information content (AvgIpc) is 2.26. The van der Waals surface area contributed by atoms with Gasteiger partial charge in [0.15, 0.2) is 0 Å². The summed E-state index contributed by atoms with van der Waals surface area (Å²) < 4.78 is 0. The lowest BCUT2D eigenvalue weighted by molar-refractivity contribution is 0.0938. The van der Waals surface area contributed by atoms with Gasteiger partial charge in [-0.05, 0) is 37.8 Å². The molecule has 1 atom stereocenters. The molecule has 17 heavy (non-hydrogen) atoms. The lowest BCUT2D eigenvalue weighted by Crippen LogP contribution is -2.33. The molecule has 3 heteroatoms. The molecule has 0 saturated heterocycles. The first-order valence-corrected chi connectivity index (χ1v) is 6.16. The van der Waals surface area contributed by atoms with E-state index in [9.17, 15) is 4.79 Å². The van der Waals surface area contributed by atoms with Crippen LogP contribution in [0.3, 0.4) is 0 Å². The molecule has 0 bridgehead atoms. The van der Waals surface area contributed by atoms with Gasteiger partial charge in [0.25, 0.3) is 5.91 Å². The van der Waals surface area contributed by atoms with Crippen LogP contribution in [0.25, 0.3) is 0 Å². The van der Waals surface area contributed by atoms with Crippen molar-refractivity contribution in [1.29, 1.82) is 0 Å². The van der Waals surface area contributed by atoms with Gasteiger partial charge in [0.05, 0.1) is 5.56 Å². The van der Waals surface area contributed by atoms with E-state index in [1.807, 2.05) is 19.1 Å². The van der Waals surface area contributed by atoms with Gasteiger partial charge in [-0.15, -0.1) is 0 Å². The number of amides is 1. The number of nitrogen functional groups attached to an aromatic ring is 1. The Hall–Kier alpha value is -1.51. The summed E-state index contributed by atoms with van der Waals surface area (Å²) in [6, 6.07) is 7.33. The average molecular weight is 234 g/mol. The number of anilines is 1. The first-order chi connectivity index (χ1) is 8.00. The third-order valence-corrected chi connectivity index (χ3v) is 2.76. The number of hydrogen-bond acceptors (Lipinski definition) is 2. The topological polar surface area (TPSA) is 55.1 Å². The van der Waals surface area contributed by atoms with E-state index >= 15 is 0 Å². The first-order valence-electron chi connectivity index (χ1n) is 6.16. The van der Waals surface area contributed by atoms with Crippen LogP contribution in [0.5, 0.6) is 0 Å². The molecule has 0 saturated carbocycles. The van der Waals surface area contributed by atoms with Crippen LogP contribution in [-0.2, 0) is 0 Å². The molecule has 1 rings (SSSR count). The first kappa shape index (κ1) is 13.6. The number of nitrogens with one attached hydrogen (secondary N) is 1. The van der Waals surface area contributed by atoms with Gasteiger partial charge in [-0.2, -0.15) is 0 Å². The Bertz CT molecular complexity index is 374. The van der Waals surface area contributed by atoms with Crippen molar-refractivity contribution in [3.8, 4) is 0 Å². The molecule has 0 aliphatic carbocycles. The largest absolute Gasteiger partial charge is 0.398 e. The van der Waals surface area contributed by atoms with E-state index in [0.29, 0.717) is 17.2 Å². The van der Waals surface area contributed by atoms with Crippen molar-refractivity contribution in [2.24, 2.45) is 5.92 Å². The van der Waals surface area contributed by atoms with Gasteiger partial charge in [-0.1, -0.05) is 26.0 Å². The fourth-order valence-corrected chi connectivity index (χ4v) is 1.66. The van der Waals surface area contributed by atoms with Crippen LogP contribution in [0.1, 0.15) is 44.0 Å². The molecule has 0 fully saturated rings. The zero-order chi connectivity index (χ0) is 12.8. The van der Waals surface area contributed by atoms with Crippen LogP contribution in [0.4, 0.5) is 5.69 Å². The molecular formula is C14H22N2O. The Balaban J connectivity index is 2.52. The predicted molar refractivity (Wildman–Crippen MR) is 71.9 cm³/mol. The van der Waals surface area contributed by atoms with Gasteiger partial charge in [-0.3, -0.25) is 4.79 Å². The maximum absolute atomic E-state index is 11.9. The Kier molecular flexibility index (Phi) is 5.01. The SMILES string of the molecule is CC(C)CCC(C)NC(=O)c1ccccc1N. The van der Waals surface area contributed by atoms with E-state index in [2.05, 4.69) is 19.2 Å². The summed E-state index contributed by atoms with van der Waals surface area (Å²) in [5, 5.41) is 2.97. The molecule has 0 radical (unpaired) electrons. The van der Waals surface area contributed by atoms with Gasteiger partial charge in [0.2, 0.25) is 0 Å². The van der Waals surface area contributed by atoms with Gasteiger partial charge in [0.1, 0.15) is 0 Å². The Morgan fingerprint density at radius 2 is 1.88 bits per heavy atom. The molecule has 0 spiro atoms. The summed E-state index contributed by atoms with van der Waals surface area (Å²) in [5.74, 6) is 0.579. The second-order valence-electron chi connectivity index (χ2n) is 4.93. The van der Waals surface area contributed by atoms with Crippen molar-refractivity contribution in [3.63, 3.8) is 0 Å². The summed E-state index contributed by atoms with van der Waals surface area (Å²) in [6.45, 7) is 6.40. The monoisotopic (exact) mass is 234 g/mol. The number of benzene rings is 1. The highest BCUT2D eigenvalue weighted by Gasteiger charge is 2.12. The normalized spacial score (nSPS) is 12.5. The Morgan fingerprint density at radius 1 is 1.24 bits per heavy atom. The number of rotatable bonds is 5. The summed E-state index contributed by atoms with van der Waals surface area (Å²) in [4.78, 5) is 11.9. The fourth-order valence-electron chi connectivity index (χ4n) is 1.66.